The fourth-order valence-corrected chi connectivity index (χ4v) is 2.87. The summed E-state index contributed by atoms with van der Waals surface area (Å²) in [6.45, 7) is 0.982. The molecule has 0 saturated heterocycles. The van der Waals surface area contributed by atoms with Crippen LogP contribution in [-0.4, -0.2) is 42.0 Å². The summed E-state index contributed by atoms with van der Waals surface area (Å²) < 4.78 is 5.11. The lowest BCUT2D eigenvalue weighted by Crippen LogP contribution is -2.26. The highest BCUT2D eigenvalue weighted by Crippen LogP contribution is 2.35. The Bertz CT molecular complexity index is 817. The second-order valence-corrected chi connectivity index (χ2v) is 5.72. The fraction of sp³-hybridized carbons (Fsp3) is 0.263. The maximum absolute atomic E-state index is 12.4. The van der Waals surface area contributed by atoms with E-state index in [4.69, 9.17) is 4.74 Å². The number of phenols is 1. The molecule has 6 heteroatoms. The molecule has 0 fully saturated rings. The fourth-order valence-electron chi connectivity index (χ4n) is 2.87. The summed E-state index contributed by atoms with van der Waals surface area (Å²) in [5.41, 5.74) is 1.64. The van der Waals surface area contributed by atoms with E-state index in [0.29, 0.717) is 36.3 Å². The molecule has 1 aliphatic rings. The maximum Gasteiger partial charge on any atom is 0.251 e. The number of aliphatic imine (C=N–C) groups is 1. The van der Waals surface area contributed by atoms with E-state index in [9.17, 15) is 15.0 Å². The zero-order valence-electron chi connectivity index (χ0n) is 13.9. The predicted octanol–water partition coefficient (Wildman–Crippen LogP) is 2.06. The van der Waals surface area contributed by atoms with Gasteiger partial charge in [0.1, 0.15) is 6.10 Å². The Morgan fingerprint density at radius 1 is 1.16 bits per heavy atom. The van der Waals surface area contributed by atoms with Crippen molar-refractivity contribution in [2.24, 2.45) is 4.99 Å². The largest absolute Gasteiger partial charge is 0.504 e. The summed E-state index contributed by atoms with van der Waals surface area (Å²) in [6, 6.07) is 11.9. The van der Waals surface area contributed by atoms with Crippen LogP contribution in [0.15, 0.2) is 47.5 Å². The van der Waals surface area contributed by atoms with Crippen molar-refractivity contribution in [2.75, 3.05) is 20.2 Å². The second kappa shape index (κ2) is 7.36. The van der Waals surface area contributed by atoms with Gasteiger partial charge in [0.15, 0.2) is 11.5 Å². The average Bonchev–Trinajstić information content (AvgIpc) is 2.71. The number of benzene rings is 2. The highest BCUT2D eigenvalue weighted by Gasteiger charge is 2.25. The van der Waals surface area contributed by atoms with E-state index in [1.807, 2.05) is 0 Å². The molecule has 0 spiro atoms. The molecule has 6 nitrogen and oxygen atoms in total. The summed E-state index contributed by atoms with van der Waals surface area (Å²) in [5, 5.41) is 24.1. The van der Waals surface area contributed by atoms with Gasteiger partial charge in [-0.1, -0.05) is 30.3 Å². The molecule has 0 aromatic heterocycles. The van der Waals surface area contributed by atoms with Gasteiger partial charge in [-0.05, 0) is 18.6 Å². The third-order valence-corrected chi connectivity index (χ3v) is 4.15. The third-order valence-electron chi connectivity index (χ3n) is 4.15. The summed E-state index contributed by atoms with van der Waals surface area (Å²) >= 11 is 0. The molecule has 1 atom stereocenters. The molecule has 0 radical (unpaired) electrons. The molecule has 2 aromatic rings. The average molecular weight is 340 g/mol. The number of carbonyl (C=O) groups excluding carboxylic acids is 1. The van der Waals surface area contributed by atoms with Gasteiger partial charge in [0.05, 0.1) is 12.8 Å². The Morgan fingerprint density at radius 2 is 1.92 bits per heavy atom. The number of rotatable bonds is 3. The van der Waals surface area contributed by atoms with Crippen LogP contribution in [0.3, 0.4) is 0 Å². The lowest BCUT2D eigenvalue weighted by atomic mass is 9.94. The summed E-state index contributed by atoms with van der Waals surface area (Å²) in [7, 11) is 1.45. The van der Waals surface area contributed by atoms with E-state index in [1.54, 1.807) is 42.5 Å². The molecule has 1 amide bonds. The number of aliphatic hydroxyl groups excluding tert-OH is 1. The van der Waals surface area contributed by atoms with E-state index in [2.05, 4.69) is 10.3 Å². The first-order chi connectivity index (χ1) is 12.1. The number of para-hydroxylation sites is 1. The molecular weight excluding hydrogens is 320 g/mol. The molecule has 1 aliphatic heterocycles. The van der Waals surface area contributed by atoms with Crippen LogP contribution in [0.25, 0.3) is 0 Å². The van der Waals surface area contributed by atoms with Crippen LogP contribution >= 0.6 is 0 Å². The Labute approximate surface area is 145 Å². The molecule has 3 rings (SSSR count). The molecule has 0 saturated carbocycles. The third kappa shape index (κ3) is 3.34. The molecule has 0 bridgehead atoms. The van der Waals surface area contributed by atoms with Crippen molar-refractivity contribution < 1.29 is 19.7 Å². The Hall–Kier alpha value is -2.86. The predicted molar refractivity (Wildman–Crippen MR) is 94.4 cm³/mol. The monoisotopic (exact) mass is 340 g/mol. The lowest BCUT2D eigenvalue weighted by molar-refractivity contribution is 0.0953. The quantitative estimate of drug-likeness (QED) is 0.797. The first kappa shape index (κ1) is 17.0. The van der Waals surface area contributed by atoms with Crippen LogP contribution in [0.2, 0.25) is 0 Å². The van der Waals surface area contributed by atoms with E-state index in [0.717, 1.165) is 0 Å². The van der Waals surface area contributed by atoms with Gasteiger partial charge in [0, 0.05) is 29.8 Å². The van der Waals surface area contributed by atoms with Gasteiger partial charge in [0.2, 0.25) is 0 Å². The lowest BCUT2D eigenvalue weighted by Gasteiger charge is -2.18. The number of fused-ring (bicyclic) bond motifs is 1. The molecule has 1 heterocycles. The van der Waals surface area contributed by atoms with Gasteiger partial charge < -0.3 is 20.3 Å². The molecule has 130 valence electrons. The topological polar surface area (TPSA) is 91.2 Å². The zero-order valence-corrected chi connectivity index (χ0v) is 13.9. The van der Waals surface area contributed by atoms with Crippen LogP contribution in [-0.2, 0) is 0 Å². The van der Waals surface area contributed by atoms with Crippen LogP contribution in [0.5, 0.6) is 11.5 Å². The minimum absolute atomic E-state index is 0.137. The van der Waals surface area contributed by atoms with Crippen molar-refractivity contribution >= 4 is 11.6 Å². The number of hydrogen-bond acceptors (Lipinski definition) is 5. The summed E-state index contributed by atoms with van der Waals surface area (Å²) in [5.74, 6) is -0.0690. The number of aliphatic hydroxyl groups is 1. The van der Waals surface area contributed by atoms with E-state index in [-0.39, 0.29) is 23.0 Å². The Balaban J connectivity index is 2.11. The number of nitrogens with zero attached hydrogens (tertiary/aromatic N) is 1. The first-order valence-electron chi connectivity index (χ1n) is 8.09. The van der Waals surface area contributed by atoms with Gasteiger partial charge in [-0.3, -0.25) is 9.79 Å². The number of hydrogen-bond donors (Lipinski definition) is 3. The highest BCUT2D eigenvalue weighted by molar-refractivity contribution is 6.12. The molecule has 1 unspecified atom stereocenters. The number of carbonyl (C=O) groups is 1. The van der Waals surface area contributed by atoms with Crippen molar-refractivity contribution in [1.29, 1.82) is 0 Å². The van der Waals surface area contributed by atoms with Crippen LogP contribution in [0.4, 0.5) is 0 Å². The summed E-state index contributed by atoms with van der Waals surface area (Å²) in [4.78, 5) is 16.9. The number of aromatic hydroxyl groups is 1. The van der Waals surface area contributed by atoms with E-state index in [1.165, 1.54) is 7.11 Å². The van der Waals surface area contributed by atoms with Crippen molar-refractivity contribution in [3.05, 3.63) is 59.2 Å². The molecule has 25 heavy (non-hydrogen) atoms. The Morgan fingerprint density at radius 3 is 2.68 bits per heavy atom. The SMILES string of the molecule is COc1cccc(C(O)C2=NCCCNC(=O)c3ccccc32)c1O. The standard InChI is InChI=1S/C19H20N2O4/c1-25-15-9-4-8-14(17(15)22)18(23)16-12-6-2-3-7-13(12)19(24)21-11-5-10-20-16/h2-4,6-9,18,22-23H,5,10-11H2,1H3,(H,21,24). The van der Waals surface area contributed by atoms with Gasteiger partial charge in [-0.2, -0.15) is 0 Å². The van der Waals surface area contributed by atoms with Crippen molar-refractivity contribution in [3.63, 3.8) is 0 Å². The van der Waals surface area contributed by atoms with Gasteiger partial charge in [-0.25, -0.2) is 0 Å². The molecular formula is C19H20N2O4. The van der Waals surface area contributed by atoms with Crippen LogP contribution < -0.4 is 10.1 Å². The second-order valence-electron chi connectivity index (χ2n) is 5.72. The van der Waals surface area contributed by atoms with Gasteiger partial charge in [0.25, 0.3) is 5.91 Å². The molecule has 2 aromatic carbocycles. The van der Waals surface area contributed by atoms with Crippen LogP contribution in [0.1, 0.15) is 34.0 Å². The smallest absolute Gasteiger partial charge is 0.251 e. The number of methoxy groups -OCH3 is 1. The normalized spacial score (nSPS) is 15.8. The minimum Gasteiger partial charge on any atom is -0.504 e. The minimum atomic E-state index is -1.18. The number of ether oxygens (including phenoxy) is 1. The number of nitrogens with one attached hydrogen (secondary N) is 1. The zero-order chi connectivity index (χ0) is 17.8. The van der Waals surface area contributed by atoms with Crippen LogP contribution in [0, 0.1) is 0 Å². The first-order valence-corrected chi connectivity index (χ1v) is 8.09. The molecule has 3 N–H and O–H groups in total. The molecule has 0 aliphatic carbocycles. The maximum atomic E-state index is 12.4. The summed E-state index contributed by atoms with van der Waals surface area (Å²) in [6.07, 6.45) is -0.512. The van der Waals surface area contributed by atoms with Gasteiger partial charge >= 0.3 is 0 Å². The Kier molecular flexibility index (Phi) is 5.00. The van der Waals surface area contributed by atoms with Crippen molar-refractivity contribution in [3.8, 4) is 11.5 Å². The van der Waals surface area contributed by atoms with Crippen molar-refractivity contribution in [2.45, 2.75) is 12.5 Å². The number of phenolic OH excluding ortho intramolecular Hbond substituents is 1. The van der Waals surface area contributed by atoms with E-state index < -0.39 is 6.10 Å². The van der Waals surface area contributed by atoms with Gasteiger partial charge in [-0.15, -0.1) is 0 Å². The highest BCUT2D eigenvalue weighted by atomic mass is 16.5. The number of amides is 1. The van der Waals surface area contributed by atoms with Crippen molar-refractivity contribution in [1.82, 2.24) is 5.32 Å². The van der Waals surface area contributed by atoms with E-state index >= 15 is 0 Å².